The first-order chi connectivity index (χ1) is 9.08. The predicted octanol–water partition coefficient (Wildman–Crippen LogP) is 2.41. The van der Waals surface area contributed by atoms with Crippen molar-refractivity contribution in [2.45, 2.75) is 26.3 Å². The summed E-state index contributed by atoms with van der Waals surface area (Å²) in [5.74, 6) is -0.365. The summed E-state index contributed by atoms with van der Waals surface area (Å²) in [6.45, 7) is 4.84. The molecule has 0 saturated carbocycles. The van der Waals surface area contributed by atoms with Crippen molar-refractivity contribution >= 4 is 16.9 Å². The zero-order valence-electron chi connectivity index (χ0n) is 11.3. The van der Waals surface area contributed by atoms with E-state index >= 15 is 0 Å². The lowest BCUT2D eigenvalue weighted by Gasteiger charge is -2.15. The third-order valence-electron chi connectivity index (χ3n) is 3.17. The van der Waals surface area contributed by atoms with Crippen molar-refractivity contribution in [3.05, 3.63) is 36.0 Å². The maximum absolute atomic E-state index is 11.3. The van der Waals surface area contributed by atoms with Gasteiger partial charge in [-0.2, -0.15) is 0 Å². The molecule has 1 atom stereocenters. The molecule has 1 aromatic carbocycles. The Morgan fingerprint density at radius 3 is 2.79 bits per heavy atom. The SMILES string of the molecule is CC(C)CN[C@@H](Cc1c[nH]c2ccccc12)C(=O)O. The number of nitrogens with one attached hydrogen (secondary N) is 2. The van der Waals surface area contributed by atoms with Crippen molar-refractivity contribution in [3.63, 3.8) is 0 Å². The van der Waals surface area contributed by atoms with Crippen LogP contribution >= 0.6 is 0 Å². The number of aliphatic carboxylic acids is 1. The molecular formula is C15H20N2O2. The normalized spacial score (nSPS) is 13.0. The Labute approximate surface area is 112 Å². The predicted molar refractivity (Wildman–Crippen MR) is 76.3 cm³/mol. The minimum absolute atomic E-state index is 0.435. The van der Waals surface area contributed by atoms with Gasteiger partial charge in [-0.15, -0.1) is 0 Å². The first-order valence-electron chi connectivity index (χ1n) is 6.59. The number of hydrogen-bond acceptors (Lipinski definition) is 2. The van der Waals surface area contributed by atoms with Crippen molar-refractivity contribution in [1.82, 2.24) is 10.3 Å². The maximum atomic E-state index is 11.3. The van der Waals surface area contributed by atoms with Gasteiger partial charge >= 0.3 is 5.97 Å². The van der Waals surface area contributed by atoms with Crippen LogP contribution in [0, 0.1) is 5.92 Å². The summed E-state index contributed by atoms with van der Waals surface area (Å²) >= 11 is 0. The van der Waals surface area contributed by atoms with Crippen LogP contribution < -0.4 is 5.32 Å². The number of para-hydroxylation sites is 1. The average Bonchev–Trinajstić information content (AvgIpc) is 2.77. The standard InChI is InChI=1S/C15H20N2O2/c1-10(2)8-16-14(15(18)19)7-11-9-17-13-6-4-3-5-12(11)13/h3-6,9-10,14,16-17H,7-8H2,1-2H3,(H,18,19)/t14-/m0/s1. The van der Waals surface area contributed by atoms with Gasteiger partial charge in [0.1, 0.15) is 6.04 Å². The lowest BCUT2D eigenvalue weighted by molar-refractivity contribution is -0.139. The molecular weight excluding hydrogens is 240 g/mol. The van der Waals surface area contributed by atoms with Crippen LogP contribution in [0.5, 0.6) is 0 Å². The second-order valence-corrected chi connectivity index (χ2v) is 5.26. The molecule has 0 amide bonds. The topological polar surface area (TPSA) is 65.1 Å². The van der Waals surface area contributed by atoms with Gasteiger partial charge in [-0.05, 0) is 24.1 Å². The highest BCUT2D eigenvalue weighted by Crippen LogP contribution is 2.19. The lowest BCUT2D eigenvalue weighted by atomic mass is 10.0. The molecule has 3 N–H and O–H groups in total. The largest absolute Gasteiger partial charge is 0.480 e. The summed E-state index contributed by atoms with van der Waals surface area (Å²) in [7, 11) is 0. The van der Waals surface area contributed by atoms with Crippen LogP contribution in [-0.2, 0) is 11.2 Å². The second-order valence-electron chi connectivity index (χ2n) is 5.26. The van der Waals surface area contributed by atoms with E-state index in [2.05, 4.69) is 24.1 Å². The van der Waals surface area contributed by atoms with E-state index in [1.165, 1.54) is 0 Å². The fourth-order valence-electron chi connectivity index (χ4n) is 2.15. The number of carbonyl (C=O) groups is 1. The molecule has 0 aliphatic rings. The quantitative estimate of drug-likeness (QED) is 0.747. The van der Waals surface area contributed by atoms with Crippen molar-refractivity contribution < 1.29 is 9.90 Å². The monoisotopic (exact) mass is 260 g/mol. The minimum atomic E-state index is -0.800. The van der Waals surface area contributed by atoms with E-state index in [4.69, 9.17) is 0 Å². The summed E-state index contributed by atoms with van der Waals surface area (Å²) in [6, 6.07) is 7.41. The van der Waals surface area contributed by atoms with Crippen LogP contribution in [0.3, 0.4) is 0 Å². The summed E-state index contributed by atoms with van der Waals surface area (Å²) < 4.78 is 0. The Morgan fingerprint density at radius 1 is 1.37 bits per heavy atom. The molecule has 0 spiro atoms. The first-order valence-corrected chi connectivity index (χ1v) is 6.59. The fourth-order valence-corrected chi connectivity index (χ4v) is 2.15. The van der Waals surface area contributed by atoms with E-state index in [0.717, 1.165) is 16.5 Å². The molecule has 0 aliphatic heterocycles. The molecule has 0 aliphatic carbocycles. The third kappa shape index (κ3) is 3.35. The van der Waals surface area contributed by atoms with Gasteiger partial charge < -0.3 is 15.4 Å². The Bertz CT molecular complexity index is 560. The summed E-state index contributed by atoms with van der Waals surface area (Å²) in [6.07, 6.45) is 2.39. The molecule has 0 fully saturated rings. The molecule has 0 bridgehead atoms. The van der Waals surface area contributed by atoms with Crippen LogP contribution in [0.2, 0.25) is 0 Å². The molecule has 1 aromatic heterocycles. The second kappa shape index (κ2) is 5.89. The van der Waals surface area contributed by atoms with Crippen molar-refractivity contribution in [2.24, 2.45) is 5.92 Å². The van der Waals surface area contributed by atoms with Gasteiger partial charge in [0.2, 0.25) is 0 Å². The van der Waals surface area contributed by atoms with E-state index in [-0.39, 0.29) is 0 Å². The van der Waals surface area contributed by atoms with E-state index in [1.54, 1.807) is 0 Å². The zero-order valence-corrected chi connectivity index (χ0v) is 11.3. The minimum Gasteiger partial charge on any atom is -0.480 e. The average molecular weight is 260 g/mol. The van der Waals surface area contributed by atoms with Gasteiger partial charge in [-0.1, -0.05) is 32.0 Å². The third-order valence-corrected chi connectivity index (χ3v) is 3.17. The van der Waals surface area contributed by atoms with Gasteiger partial charge in [0.15, 0.2) is 0 Å². The first kappa shape index (κ1) is 13.6. The fraction of sp³-hybridized carbons (Fsp3) is 0.400. The number of rotatable bonds is 6. The van der Waals surface area contributed by atoms with E-state index in [9.17, 15) is 9.90 Å². The Hall–Kier alpha value is -1.81. The molecule has 0 saturated heterocycles. The molecule has 102 valence electrons. The lowest BCUT2D eigenvalue weighted by Crippen LogP contribution is -2.40. The smallest absolute Gasteiger partial charge is 0.321 e. The van der Waals surface area contributed by atoms with Crippen molar-refractivity contribution in [1.29, 1.82) is 0 Å². The number of benzene rings is 1. The number of aromatic amines is 1. The van der Waals surface area contributed by atoms with Crippen LogP contribution in [0.1, 0.15) is 19.4 Å². The number of aromatic nitrogens is 1. The number of carboxylic acids is 1. The maximum Gasteiger partial charge on any atom is 0.321 e. The van der Waals surface area contributed by atoms with Gasteiger partial charge in [0, 0.05) is 23.5 Å². The van der Waals surface area contributed by atoms with E-state index in [1.807, 2.05) is 30.5 Å². The zero-order chi connectivity index (χ0) is 13.8. The highest BCUT2D eigenvalue weighted by molar-refractivity contribution is 5.84. The molecule has 4 nitrogen and oxygen atoms in total. The molecule has 2 aromatic rings. The van der Waals surface area contributed by atoms with Crippen LogP contribution in [0.15, 0.2) is 30.5 Å². The van der Waals surface area contributed by atoms with Crippen LogP contribution in [0.4, 0.5) is 0 Å². The molecule has 0 radical (unpaired) electrons. The van der Waals surface area contributed by atoms with Gasteiger partial charge in [-0.25, -0.2) is 0 Å². The van der Waals surface area contributed by atoms with Gasteiger partial charge in [0.05, 0.1) is 0 Å². The van der Waals surface area contributed by atoms with Crippen molar-refractivity contribution in [2.75, 3.05) is 6.54 Å². The Kier molecular flexibility index (Phi) is 4.22. The molecule has 0 unspecified atom stereocenters. The van der Waals surface area contributed by atoms with Gasteiger partial charge in [0.25, 0.3) is 0 Å². The molecule has 4 heteroatoms. The highest BCUT2D eigenvalue weighted by atomic mass is 16.4. The summed E-state index contributed by atoms with van der Waals surface area (Å²) in [5.41, 5.74) is 2.09. The molecule has 2 rings (SSSR count). The Morgan fingerprint density at radius 2 is 2.11 bits per heavy atom. The van der Waals surface area contributed by atoms with E-state index in [0.29, 0.717) is 18.9 Å². The van der Waals surface area contributed by atoms with Crippen molar-refractivity contribution in [3.8, 4) is 0 Å². The highest BCUT2D eigenvalue weighted by Gasteiger charge is 2.19. The summed E-state index contributed by atoms with van der Waals surface area (Å²) in [4.78, 5) is 14.5. The van der Waals surface area contributed by atoms with Crippen LogP contribution in [0.25, 0.3) is 10.9 Å². The number of carboxylic acid groups (broad SMARTS) is 1. The molecule has 1 heterocycles. The van der Waals surface area contributed by atoms with Crippen LogP contribution in [-0.4, -0.2) is 28.6 Å². The number of hydrogen-bond donors (Lipinski definition) is 3. The number of H-pyrrole nitrogens is 1. The Balaban J connectivity index is 2.14. The van der Waals surface area contributed by atoms with Gasteiger partial charge in [-0.3, -0.25) is 4.79 Å². The molecule has 19 heavy (non-hydrogen) atoms. The van der Waals surface area contributed by atoms with E-state index < -0.39 is 12.0 Å². The summed E-state index contributed by atoms with van der Waals surface area (Å²) in [5, 5.41) is 13.5. The number of fused-ring (bicyclic) bond motifs is 1.